The van der Waals surface area contributed by atoms with Crippen LogP contribution in [0.5, 0.6) is 5.75 Å². The Morgan fingerprint density at radius 2 is 2.00 bits per heavy atom. The quantitative estimate of drug-likeness (QED) is 0.578. The molecule has 0 aliphatic carbocycles. The zero-order valence-corrected chi connectivity index (χ0v) is 12.3. The van der Waals surface area contributed by atoms with Crippen LogP contribution in [0, 0.1) is 0 Å². The van der Waals surface area contributed by atoms with Crippen LogP contribution >= 0.6 is 0 Å². The van der Waals surface area contributed by atoms with Crippen molar-refractivity contribution in [2.45, 2.75) is 58.8 Å². The van der Waals surface area contributed by atoms with Crippen LogP contribution in [-0.4, -0.2) is 12.4 Å². The second-order valence-corrected chi connectivity index (χ2v) is 4.95. The normalized spacial score (nSPS) is 10.4. The Balaban J connectivity index is 2.29. The molecule has 106 valence electrons. The zero-order chi connectivity index (χ0) is 13.9. The lowest BCUT2D eigenvalue weighted by molar-refractivity contribution is -0.118. The molecule has 0 aliphatic heterocycles. The lowest BCUT2D eigenvalue weighted by Crippen LogP contribution is -1.98. The summed E-state index contributed by atoms with van der Waals surface area (Å²) < 4.78 is 5.69. The van der Waals surface area contributed by atoms with Gasteiger partial charge in [-0.15, -0.1) is 0 Å². The molecule has 0 radical (unpaired) electrons. The number of aryl methyl sites for hydroxylation is 1. The third kappa shape index (κ3) is 7.00. The van der Waals surface area contributed by atoms with E-state index in [0.717, 1.165) is 50.9 Å². The summed E-state index contributed by atoms with van der Waals surface area (Å²) in [6.07, 6.45) is 6.75. The highest BCUT2D eigenvalue weighted by Gasteiger charge is 2.00. The first-order valence-electron chi connectivity index (χ1n) is 7.49. The van der Waals surface area contributed by atoms with Crippen molar-refractivity contribution in [2.24, 2.45) is 0 Å². The van der Waals surface area contributed by atoms with E-state index in [1.807, 2.05) is 19.1 Å². The minimum atomic E-state index is 0.372. The van der Waals surface area contributed by atoms with E-state index in [0.29, 0.717) is 12.2 Å². The van der Waals surface area contributed by atoms with Crippen molar-refractivity contribution in [3.8, 4) is 5.75 Å². The minimum absolute atomic E-state index is 0.372. The van der Waals surface area contributed by atoms with Gasteiger partial charge in [-0.05, 0) is 43.4 Å². The summed E-state index contributed by atoms with van der Waals surface area (Å²) in [5.74, 6) is 1.34. The lowest BCUT2D eigenvalue weighted by atomic mass is 10.0. The molecule has 2 heteroatoms. The maximum Gasteiger partial charge on any atom is 0.132 e. The molecule has 0 aromatic heterocycles. The Morgan fingerprint density at radius 1 is 1.16 bits per heavy atom. The predicted molar refractivity (Wildman–Crippen MR) is 79.7 cm³/mol. The van der Waals surface area contributed by atoms with Gasteiger partial charge >= 0.3 is 0 Å². The number of rotatable bonds is 10. The van der Waals surface area contributed by atoms with E-state index in [-0.39, 0.29) is 0 Å². The summed E-state index contributed by atoms with van der Waals surface area (Å²) in [6, 6.07) is 8.32. The molecule has 0 N–H and O–H groups in total. The van der Waals surface area contributed by atoms with Crippen LogP contribution in [0.4, 0.5) is 0 Å². The van der Waals surface area contributed by atoms with Crippen LogP contribution in [-0.2, 0) is 11.2 Å². The molecule has 0 amide bonds. The maximum absolute atomic E-state index is 11.2. The smallest absolute Gasteiger partial charge is 0.132 e. The van der Waals surface area contributed by atoms with Crippen molar-refractivity contribution in [1.29, 1.82) is 0 Å². The molecule has 0 saturated carbocycles. The van der Waals surface area contributed by atoms with Crippen LogP contribution in [0.25, 0.3) is 0 Å². The SMILES string of the molecule is CCCCOc1cccc(CCCCC(=O)CC)c1. The second kappa shape index (κ2) is 9.60. The molecule has 0 unspecified atom stereocenters. The van der Waals surface area contributed by atoms with E-state index in [2.05, 4.69) is 19.1 Å². The fourth-order valence-corrected chi connectivity index (χ4v) is 1.95. The zero-order valence-electron chi connectivity index (χ0n) is 12.3. The van der Waals surface area contributed by atoms with Crippen LogP contribution in [0.2, 0.25) is 0 Å². The number of carbonyl (C=O) groups excluding carboxylic acids is 1. The monoisotopic (exact) mass is 262 g/mol. The molecule has 0 fully saturated rings. The number of benzene rings is 1. The van der Waals surface area contributed by atoms with Gasteiger partial charge in [-0.2, -0.15) is 0 Å². The molecular weight excluding hydrogens is 236 g/mol. The third-order valence-corrected chi connectivity index (χ3v) is 3.23. The van der Waals surface area contributed by atoms with Gasteiger partial charge in [-0.3, -0.25) is 4.79 Å². The Hall–Kier alpha value is -1.31. The molecule has 1 aromatic carbocycles. The van der Waals surface area contributed by atoms with Crippen LogP contribution in [0.3, 0.4) is 0 Å². The largest absolute Gasteiger partial charge is 0.494 e. The summed E-state index contributed by atoms with van der Waals surface area (Å²) in [5, 5.41) is 0. The van der Waals surface area contributed by atoms with Gasteiger partial charge in [0.25, 0.3) is 0 Å². The Labute approximate surface area is 117 Å². The summed E-state index contributed by atoms with van der Waals surface area (Å²) in [5.41, 5.74) is 1.30. The first-order valence-corrected chi connectivity index (χ1v) is 7.49. The van der Waals surface area contributed by atoms with Crippen molar-refractivity contribution in [2.75, 3.05) is 6.61 Å². The molecule has 0 saturated heterocycles. The number of hydrogen-bond acceptors (Lipinski definition) is 2. The molecule has 1 aromatic rings. The molecular formula is C17H26O2. The highest BCUT2D eigenvalue weighted by Crippen LogP contribution is 2.16. The fourth-order valence-electron chi connectivity index (χ4n) is 1.95. The topological polar surface area (TPSA) is 26.3 Å². The molecule has 2 nitrogen and oxygen atoms in total. The highest BCUT2D eigenvalue weighted by molar-refractivity contribution is 5.77. The maximum atomic E-state index is 11.2. The van der Waals surface area contributed by atoms with Gasteiger partial charge in [0, 0.05) is 12.8 Å². The summed E-state index contributed by atoms with van der Waals surface area (Å²) in [4.78, 5) is 11.2. The number of unbranched alkanes of at least 4 members (excludes halogenated alkanes) is 2. The average Bonchev–Trinajstić information content (AvgIpc) is 2.44. The highest BCUT2D eigenvalue weighted by atomic mass is 16.5. The van der Waals surface area contributed by atoms with Gasteiger partial charge in [-0.1, -0.05) is 32.4 Å². The molecule has 0 aliphatic rings. The molecule has 0 spiro atoms. The molecule has 0 heterocycles. The number of ether oxygens (including phenoxy) is 1. The number of carbonyl (C=O) groups is 1. The summed E-state index contributed by atoms with van der Waals surface area (Å²) >= 11 is 0. The average molecular weight is 262 g/mol. The van der Waals surface area contributed by atoms with Gasteiger partial charge in [0.05, 0.1) is 6.61 Å². The standard InChI is InChI=1S/C17H26O2/c1-3-5-13-19-17-12-8-10-15(14-17)9-6-7-11-16(18)4-2/h8,10,12,14H,3-7,9,11,13H2,1-2H3. The van der Waals surface area contributed by atoms with Crippen LogP contribution < -0.4 is 4.74 Å². The molecule has 19 heavy (non-hydrogen) atoms. The van der Waals surface area contributed by atoms with E-state index in [1.165, 1.54) is 5.56 Å². The van der Waals surface area contributed by atoms with E-state index in [4.69, 9.17) is 4.74 Å². The number of Topliss-reactive ketones (excluding diaryl/α,β-unsaturated/α-hetero) is 1. The Kier molecular flexibility index (Phi) is 7.95. The Morgan fingerprint density at radius 3 is 2.74 bits per heavy atom. The van der Waals surface area contributed by atoms with E-state index in [1.54, 1.807) is 0 Å². The first kappa shape index (κ1) is 15.7. The predicted octanol–water partition coefficient (Wildman–Crippen LogP) is 4.56. The third-order valence-electron chi connectivity index (χ3n) is 3.23. The summed E-state index contributed by atoms with van der Waals surface area (Å²) in [7, 11) is 0. The first-order chi connectivity index (χ1) is 9.26. The number of hydrogen-bond donors (Lipinski definition) is 0. The molecule has 0 bridgehead atoms. The number of ketones is 1. The van der Waals surface area contributed by atoms with Crippen molar-refractivity contribution in [3.63, 3.8) is 0 Å². The van der Waals surface area contributed by atoms with E-state index < -0.39 is 0 Å². The summed E-state index contributed by atoms with van der Waals surface area (Å²) in [6.45, 7) is 4.89. The fraction of sp³-hybridized carbons (Fsp3) is 0.588. The van der Waals surface area contributed by atoms with Gasteiger partial charge in [-0.25, -0.2) is 0 Å². The van der Waals surface area contributed by atoms with E-state index in [9.17, 15) is 4.79 Å². The van der Waals surface area contributed by atoms with Crippen LogP contribution in [0.1, 0.15) is 57.9 Å². The van der Waals surface area contributed by atoms with Crippen LogP contribution in [0.15, 0.2) is 24.3 Å². The van der Waals surface area contributed by atoms with Crippen molar-refractivity contribution >= 4 is 5.78 Å². The van der Waals surface area contributed by atoms with Gasteiger partial charge in [0.15, 0.2) is 0 Å². The van der Waals surface area contributed by atoms with Gasteiger partial charge in [0.2, 0.25) is 0 Å². The molecule has 0 atom stereocenters. The van der Waals surface area contributed by atoms with Crippen molar-refractivity contribution in [3.05, 3.63) is 29.8 Å². The van der Waals surface area contributed by atoms with Crippen molar-refractivity contribution < 1.29 is 9.53 Å². The van der Waals surface area contributed by atoms with Gasteiger partial charge < -0.3 is 4.74 Å². The van der Waals surface area contributed by atoms with Gasteiger partial charge in [0.1, 0.15) is 11.5 Å². The minimum Gasteiger partial charge on any atom is -0.494 e. The second-order valence-electron chi connectivity index (χ2n) is 4.95. The molecule has 1 rings (SSSR count). The van der Waals surface area contributed by atoms with Crippen molar-refractivity contribution in [1.82, 2.24) is 0 Å². The Bertz CT molecular complexity index is 371. The van der Waals surface area contributed by atoms with E-state index >= 15 is 0 Å². The lowest BCUT2D eigenvalue weighted by Gasteiger charge is -2.07.